The highest BCUT2D eigenvalue weighted by atomic mass is 15.3. The van der Waals surface area contributed by atoms with Crippen LogP contribution < -0.4 is 10.6 Å². The predicted octanol–water partition coefficient (Wildman–Crippen LogP) is 2.59. The molecule has 28 heavy (non-hydrogen) atoms. The molecule has 0 saturated carbocycles. The Balaban J connectivity index is 1.35. The van der Waals surface area contributed by atoms with Gasteiger partial charge in [0.05, 0.1) is 0 Å². The summed E-state index contributed by atoms with van der Waals surface area (Å²) in [6.07, 6.45) is 6.65. The molecule has 2 saturated heterocycles. The Hall–Kier alpha value is -2.67. The summed E-state index contributed by atoms with van der Waals surface area (Å²) in [5.41, 5.74) is 8.62. The van der Waals surface area contributed by atoms with E-state index in [4.69, 9.17) is 5.73 Å². The molecule has 2 fully saturated rings. The van der Waals surface area contributed by atoms with Gasteiger partial charge in [-0.05, 0) is 37.8 Å². The van der Waals surface area contributed by atoms with E-state index in [1.807, 2.05) is 6.07 Å². The van der Waals surface area contributed by atoms with Crippen LogP contribution in [0.2, 0.25) is 0 Å². The van der Waals surface area contributed by atoms with E-state index in [-0.39, 0.29) is 0 Å². The lowest BCUT2D eigenvalue weighted by Gasteiger charge is -2.49. The summed E-state index contributed by atoms with van der Waals surface area (Å²) < 4.78 is 1.73. The van der Waals surface area contributed by atoms with Crippen LogP contribution >= 0.6 is 0 Å². The van der Waals surface area contributed by atoms with Crippen molar-refractivity contribution in [2.24, 2.45) is 5.41 Å². The summed E-state index contributed by atoms with van der Waals surface area (Å²) in [4.78, 5) is 9.67. The van der Waals surface area contributed by atoms with Crippen LogP contribution in [0.3, 0.4) is 0 Å². The number of nitrogens with two attached hydrogens (primary N) is 1. The van der Waals surface area contributed by atoms with Crippen molar-refractivity contribution in [1.29, 1.82) is 0 Å². The molecule has 0 radical (unpaired) electrons. The zero-order chi connectivity index (χ0) is 19.0. The van der Waals surface area contributed by atoms with Gasteiger partial charge < -0.3 is 10.6 Å². The first-order valence-electron chi connectivity index (χ1n) is 10.2. The third-order valence-corrected chi connectivity index (χ3v) is 6.28. The van der Waals surface area contributed by atoms with E-state index in [1.54, 1.807) is 10.7 Å². The van der Waals surface area contributed by atoms with E-state index >= 15 is 0 Å². The highest BCUT2D eigenvalue weighted by molar-refractivity contribution is 5.55. The molecule has 0 amide bonds. The molecule has 1 spiro atoms. The SMILES string of the molecule is Nc1nc(N2CCCC3(CCCN(Cc4ccccc4)C3)C2)cc2nncn12. The number of nitrogens with zero attached hydrogens (tertiary/aromatic N) is 6. The van der Waals surface area contributed by atoms with Crippen molar-refractivity contribution < 1.29 is 0 Å². The fraction of sp³-hybridized carbons (Fsp3) is 0.476. The van der Waals surface area contributed by atoms with Crippen molar-refractivity contribution >= 4 is 17.4 Å². The Morgan fingerprint density at radius 2 is 1.86 bits per heavy atom. The smallest absolute Gasteiger partial charge is 0.209 e. The minimum absolute atomic E-state index is 0.335. The van der Waals surface area contributed by atoms with Crippen molar-refractivity contribution in [3.05, 3.63) is 48.3 Å². The van der Waals surface area contributed by atoms with Gasteiger partial charge in [-0.1, -0.05) is 30.3 Å². The third kappa shape index (κ3) is 3.30. The summed E-state index contributed by atoms with van der Waals surface area (Å²) in [5, 5.41) is 8.11. The Morgan fingerprint density at radius 1 is 1.04 bits per heavy atom. The molecule has 146 valence electrons. The number of benzene rings is 1. The summed E-state index contributed by atoms with van der Waals surface area (Å²) in [6, 6.07) is 12.8. The topological polar surface area (TPSA) is 75.6 Å². The zero-order valence-corrected chi connectivity index (χ0v) is 16.2. The van der Waals surface area contributed by atoms with Gasteiger partial charge in [-0.25, -0.2) is 0 Å². The molecular formula is C21H27N7. The van der Waals surface area contributed by atoms with E-state index < -0.39 is 0 Å². The number of hydrogen-bond acceptors (Lipinski definition) is 6. The molecule has 0 bridgehead atoms. The molecule has 2 N–H and O–H groups in total. The van der Waals surface area contributed by atoms with Crippen LogP contribution in [0.25, 0.3) is 5.65 Å². The highest BCUT2D eigenvalue weighted by Gasteiger charge is 2.39. The van der Waals surface area contributed by atoms with Gasteiger partial charge in [0.15, 0.2) is 5.65 Å². The molecule has 4 heterocycles. The van der Waals surface area contributed by atoms with Crippen LogP contribution in [-0.4, -0.2) is 50.7 Å². The summed E-state index contributed by atoms with van der Waals surface area (Å²) in [7, 11) is 0. The number of piperidine rings is 2. The first-order valence-corrected chi connectivity index (χ1v) is 10.2. The van der Waals surface area contributed by atoms with Gasteiger partial charge in [0.1, 0.15) is 12.1 Å². The average molecular weight is 377 g/mol. The Bertz CT molecular complexity index is 950. The number of fused-ring (bicyclic) bond motifs is 1. The average Bonchev–Trinajstić information content (AvgIpc) is 3.18. The van der Waals surface area contributed by atoms with Gasteiger partial charge in [0, 0.05) is 37.7 Å². The minimum atomic E-state index is 0.335. The van der Waals surface area contributed by atoms with Crippen molar-refractivity contribution in [1.82, 2.24) is 24.5 Å². The monoisotopic (exact) mass is 377 g/mol. The van der Waals surface area contributed by atoms with Crippen LogP contribution in [0.15, 0.2) is 42.7 Å². The maximum atomic E-state index is 6.12. The molecule has 1 atom stereocenters. The minimum Gasteiger partial charge on any atom is -0.369 e. The zero-order valence-electron chi connectivity index (χ0n) is 16.2. The Kier molecular flexibility index (Phi) is 4.39. The molecule has 7 nitrogen and oxygen atoms in total. The molecule has 0 aliphatic carbocycles. The van der Waals surface area contributed by atoms with Crippen LogP contribution in [-0.2, 0) is 6.54 Å². The predicted molar refractivity (Wildman–Crippen MR) is 110 cm³/mol. The number of hydrogen-bond donors (Lipinski definition) is 1. The summed E-state index contributed by atoms with van der Waals surface area (Å²) in [6.45, 7) is 5.44. The van der Waals surface area contributed by atoms with Crippen molar-refractivity contribution in [2.75, 3.05) is 36.8 Å². The first kappa shape index (κ1) is 17.4. The molecule has 5 rings (SSSR count). The van der Waals surface area contributed by atoms with Gasteiger partial charge in [-0.3, -0.25) is 9.30 Å². The van der Waals surface area contributed by atoms with Crippen LogP contribution in [0.1, 0.15) is 31.2 Å². The van der Waals surface area contributed by atoms with Gasteiger partial charge in [0.2, 0.25) is 5.95 Å². The molecule has 2 aromatic heterocycles. The van der Waals surface area contributed by atoms with Gasteiger partial charge in [0.25, 0.3) is 0 Å². The summed E-state index contributed by atoms with van der Waals surface area (Å²) >= 11 is 0. The van der Waals surface area contributed by atoms with Crippen LogP contribution in [0.5, 0.6) is 0 Å². The van der Waals surface area contributed by atoms with Crippen molar-refractivity contribution in [2.45, 2.75) is 32.2 Å². The third-order valence-electron chi connectivity index (χ3n) is 6.28. The second-order valence-corrected chi connectivity index (χ2v) is 8.36. The number of nitrogen functional groups attached to an aromatic ring is 1. The lowest BCUT2D eigenvalue weighted by atomic mass is 9.73. The maximum absolute atomic E-state index is 6.12. The molecule has 7 heteroatoms. The lowest BCUT2D eigenvalue weighted by molar-refractivity contribution is 0.0683. The molecule has 2 aliphatic heterocycles. The van der Waals surface area contributed by atoms with Crippen molar-refractivity contribution in [3.8, 4) is 0 Å². The Labute approximate surface area is 165 Å². The van der Waals surface area contributed by atoms with E-state index in [9.17, 15) is 0 Å². The van der Waals surface area contributed by atoms with E-state index in [2.05, 4.69) is 55.3 Å². The van der Waals surface area contributed by atoms with Gasteiger partial charge in [-0.15, -0.1) is 10.2 Å². The van der Waals surface area contributed by atoms with E-state index in [0.717, 1.165) is 37.6 Å². The normalized spacial score (nSPS) is 23.5. The number of anilines is 2. The standard InChI is InChI=1S/C21H27N7/c22-20-24-18(12-19-25-23-16-28(19)20)27-11-5-9-21(15-27)8-4-10-26(14-21)13-17-6-2-1-3-7-17/h1-3,6-7,12,16H,4-5,8-11,13-15H2,(H2,22,24). The molecule has 1 unspecified atom stereocenters. The van der Waals surface area contributed by atoms with Crippen molar-refractivity contribution in [3.63, 3.8) is 0 Å². The largest absolute Gasteiger partial charge is 0.369 e. The fourth-order valence-electron chi connectivity index (χ4n) is 5.02. The second kappa shape index (κ2) is 7.05. The fourth-order valence-corrected chi connectivity index (χ4v) is 5.02. The molecular weight excluding hydrogens is 350 g/mol. The number of likely N-dealkylation sites (tertiary alicyclic amines) is 1. The van der Waals surface area contributed by atoms with Crippen LogP contribution in [0.4, 0.5) is 11.8 Å². The van der Waals surface area contributed by atoms with Crippen LogP contribution in [0, 0.1) is 5.41 Å². The Morgan fingerprint density at radius 3 is 2.71 bits per heavy atom. The number of aromatic nitrogens is 4. The summed E-state index contributed by atoms with van der Waals surface area (Å²) in [5.74, 6) is 1.38. The van der Waals surface area contributed by atoms with E-state index in [0.29, 0.717) is 11.4 Å². The molecule has 3 aromatic rings. The van der Waals surface area contributed by atoms with Gasteiger partial charge >= 0.3 is 0 Å². The lowest BCUT2D eigenvalue weighted by Crippen LogP contribution is -2.52. The van der Waals surface area contributed by atoms with E-state index in [1.165, 1.54) is 37.8 Å². The molecule has 2 aliphatic rings. The highest BCUT2D eigenvalue weighted by Crippen LogP contribution is 2.40. The molecule has 1 aromatic carbocycles. The number of rotatable bonds is 3. The van der Waals surface area contributed by atoms with Gasteiger partial charge in [-0.2, -0.15) is 4.98 Å². The first-order chi connectivity index (χ1) is 13.7. The maximum Gasteiger partial charge on any atom is 0.209 e. The second-order valence-electron chi connectivity index (χ2n) is 8.36. The quantitative estimate of drug-likeness (QED) is 0.756.